The molecule has 122 valence electrons. The third-order valence-corrected chi connectivity index (χ3v) is 5.51. The van der Waals surface area contributed by atoms with Crippen LogP contribution in [0.25, 0.3) is 0 Å². The fourth-order valence-corrected chi connectivity index (χ4v) is 4.32. The van der Waals surface area contributed by atoms with Gasteiger partial charge >= 0.3 is 0 Å². The smallest absolute Gasteiger partial charge is 0.264 e. The first-order valence-electron chi connectivity index (χ1n) is 7.89. The van der Waals surface area contributed by atoms with E-state index in [2.05, 4.69) is 10.1 Å². The number of amides is 1. The summed E-state index contributed by atoms with van der Waals surface area (Å²) in [6.45, 7) is 5.29. The largest absolute Gasteiger partial charge is 0.372 e. The van der Waals surface area contributed by atoms with E-state index in [0.29, 0.717) is 30.6 Å². The minimum Gasteiger partial charge on any atom is -0.372 e. The summed E-state index contributed by atoms with van der Waals surface area (Å²) in [6.07, 6.45) is 1.85. The summed E-state index contributed by atoms with van der Waals surface area (Å²) in [5, 5.41) is 3.81. The number of hydrogen-bond acceptors (Lipinski definition) is 6. The number of rotatable bonds is 3. The number of likely N-dealkylation sites (tertiary alicyclic amines) is 1. The molecule has 23 heavy (non-hydrogen) atoms. The maximum atomic E-state index is 12.5. The molecule has 0 aliphatic carbocycles. The van der Waals surface area contributed by atoms with Gasteiger partial charge in [-0.3, -0.25) is 4.79 Å². The zero-order valence-electron chi connectivity index (χ0n) is 13.2. The van der Waals surface area contributed by atoms with Crippen LogP contribution in [0, 0.1) is 19.8 Å². The van der Waals surface area contributed by atoms with Crippen LogP contribution < -0.4 is 0 Å². The quantitative estimate of drug-likeness (QED) is 0.861. The normalized spacial score (nSPS) is 26.7. The fourth-order valence-electron chi connectivity index (χ4n) is 3.48. The van der Waals surface area contributed by atoms with Crippen molar-refractivity contribution in [1.29, 1.82) is 0 Å². The molecule has 1 amide bonds. The molecule has 0 aromatic carbocycles. The van der Waals surface area contributed by atoms with Gasteiger partial charge in [0.15, 0.2) is 5.82 Å². The van der Waals surface area contributed by atoms with Gasteiger partial charge in [-0.2, -0.15) is 4.98 Å². The second-order valence-corrected chi connectivity index (χ2v) is 7.64. The molecule has 4 heterocycles. The van der Waals surface area contributed by atoms with Crippen LogP contribution in [-0.2, 0) is 11.2 Å². The maximum Gasteiger partial charge on any atom is 0.264 e. The van der Waals surface area contributed by atoms with E-state index in [-0.39, 0.29) is 18.1 Å². The van der Waals surface area contributed by atoms with Crippen molar-refractivity contribution in [3.63, 3.8) is 0 Å². The average molecular weight is 333 g/mol. The van der Waals surface area contributed by atoms with Crippen LogP contribution >= 0.6 is 11.3 Å². The van der Waals surface area contributed by atoms with Gasteiger partial charge in [0, 0.05) is 23.9 Å². The molecule has 2 aromatic rings. The molecule has 4 rings (SSSR count). The number of hydrogen-bond donors (Lipinski definition) is 0. The van der Waals surface area contributed by atoms with Crippen molar-refractivity contribution in [1.82, 2.24) is 15.0 Å². The Labute approximate surface area is 138 Å². The van der Waals surface area contributed by atoms with Crippen LogP contribution in [-0.4, -0.2) is 46.2 Å². The van der Waals surface area contributed by atoms with Gasteiger partial charge in [0.2, 0.25) is 5.89 Å². The lowest BCUT2D eigenvalue weighted by Crippen LogP contribution is -2.31. The van der Waals surface area contributed by atoms with Gasteiger partial charge in [0.05, 0.1) is 23.5 Å². The third kappa shape index (κ3) is 2.90. The summed E-state index contributed by atoms with van der Waals surface area (Å²) in [5.74, 6) is 1.83. The summed E-state index contributed by atoms with van der Waals surface area (Å²) in [5.41, 5.74) is 0. The Morgan fingerprint density at radius 1 is 1.39 bits per heavy atom. The molecule has 2 aliphatic heterocycles. The number of aryl methyl sites for hydroxylation is 2. The van der Waals surface area contributed by atoms with Crippen molar-refractivity contribution in [3.05, 3.63) is 33.6 Å². The Morgan fingerprint density at radius 3 is 2.91 bits per heavy atom. The van der Waals surface area contributed by atoms with Gasteiger partial charge in [-0.05, 0) is 32.4 Å². The maximum absolute atomic E-state index is 12.5. The van der Waals surface area contributed by atoms with E-state index >= 15 is 0 Å². The third-order valence-electron chi connectivity index (χ3n) is 4.52. The summed E-state index contributed by atoms with van der Waals surface area (Å²) < 4.78 is 11.3. The van der Waals surface area contributed by atoms with E-state index in [9.17, 15) is 4.79 Å². The van der Waals surface area contributed by atoms with E-state index in [1.165, 1.54) is 4.88 Å². The molecule has 0 spiro atoms. The number of carbonyl (C=O) groups is 1. The Morgan fingerprint density at radius 2 is 2.26 bits per heavy atom. The second-order valence-electron chi connectivity index (χ2n) is 6.35. The Balaban J connectivity index is 1.35. The van der Waals surface area contributed by atoms with E-state index in [4.69, 9.17) is 9.26 Å². The highest BCUT2D eigenvalue weighted by Crippen LogP contribution is 2.35. The van der Waals surface area contributed by atoms with Crippen molar-refractivity contribution in [2.45, 2.75) is 38.9 Å². The molecule has 0 bridgehead atoms. The van der Waals surface area contributed by atoms with Crippen LogP contribution in [0.3, 0.4) is 0 Å². The number of aromatic nitrogens is 2. The molecule has 0 N–H and O–H groups in total. The molecular formula is C16H19N3O3S. The fraction of sp³-hybridized carbons (Fsp3) is 0.562. The number of carbonyl (C=O) groups excluding carboxylic acids is 1. The zero-order chi connectivity index (χ0) is 16.0. The van der Waals surface area contributed by atoms with Crippen molar-refractivity contribution >= 4 is 17.2 Å². The van der Waals surface area contributed by atoms with Gasteiger partial charge in [0.25, 0.3) is 5.91 Å². The number of fused-ring (bicyclic) bond motifs is 1. The van der Waals surface area contributed by atoms with Crippen LogP contribution in [0.1, 0.15) is 32.7 Å². The molecular weight excluding hydrogens is 314 g/mol. The number of nitrogens with zero attached hydrogens (tertiary/aromatic N) is 3. The highest BCUT2D eigenvalue weighted by atomic mass is 32.1. The number of thiophene rings is 1. The highest BCUT2D eigenvalue weighted by molar-refractivity contribution is 7.13. The number of ether oxygens (including phenoxy) is 1. The lowest BCUT2D eigenvalue weighted by atomic mass is 10.0. The summed E-state index contributed by atoms with van der Waals surface area (Å²) >= 11 is 1.56. The molecule has 2 aliphatic rings. The molecule has 0 saturated carbocycles. The molecule has 7 heteroatoms. The molecule has 2 saturated heterocycles. The van der Waals surface area contributed by atoms with E-state index in [1.54, 1.807) is 11.3 Å². The van der Waals surface area contributed by atoms with Gasteiger partial charge in [-0.15, -0.1) is 11.3 Å². The van der Waals surface area contributed by atoms with E-state index < -0.39 is 0 Å². The Hall–Kier alpha value is -1.73. The minimum absolute atomic E-state index is 0.117. The zero-order valence-corrected chi connectivity index (χ0v) is 14.0. The molecule has 0 radical (unpaired) electrons. The Kier molecular flexibility index (Phi) is 3.69. The monoisotopic (exact) mass is 333 g/mol. The Bertz CT molecular complexity index is 712. The average Bonchev–Trinajstić information content (AvgIpc) is 3.23. The lowest BCUT2D eigenvalue weighted by molar-refractivity contribution is 0.0331. The summed E-state index contributed by atoms with van der Waals surface area (Å²) in [6, 6.07) is 3.91. The van der Waals surface area contributed by atoms with Crippen molar-refractivity contribution in [2.75, 3.05) is 13.1 Å². The van der Waals surface area contributed by atoms with Gasteiger partial charge in [-0.25, -0.2) is 0 Å². The minimum atomic E-state index is 0.117. The molecule has 2 aromatic heterocycles. The lowest BCUT2D eigenvalue weighted by Gasteiger charge is -2.18. The SMILES string of the molecule is Cc1noc(C[C@H]2C[C@H]3CN(C(=O)c4ccc(C)s4)C[C@H]3O2)n1. The van der Waals surface area contributed by atoms with Gasteiger partial charge in [-0.1, -0.05) is 5.16 Å². The van der Waals surface area contributed by atoms with Crippen LogP contribution in [0.15, 0.2) is 16.7 Å². The highest BCUT2D eigenvalue weighted by Gasteiger charge is 2.44. The second kappa shape index (κ2) is 5.72. The predicted octanol–water partition coefficient (Wildman–Crippen LogP) is 2.22. The van der Waals surface area contributed by atoms with Crippen LogP contribution in [0.5, 0.6) is 0 Å². The first kappa shape index (κ1) is 14.8. The standard InChI is InChI=1S/C16H19N3O3S/c1-9-3-4-14(23-9)16(20)19-7-11-5-12(21-13(11)8-19)6-15-17-10(2)18-22-15/h3-4,11-13H,5-8H2,1-2H3/t11-,12+,13+/m0/s1. The van der Waals surface area contributed by atoms with Crippen molar-refractivity contribution in [2.24, 2.45) is 5.92 Å². The van der Waals surface area contributed by atoms with Crippen LogP contribution in [0.2, 0.25) is 0 Å². The first-order chi connectivity index (χ1) is 11.1. The van der Waals surface area contributed by atoms with Crippen LogP contribution in [0.4, 0.5) is 0 Å². The van der Waals surface area contributed by atoms with E-state index in [1.807, 2.05) is 30.9 Å². The van der Waals surface area contributed by atoms with E-state index in [0.717, 1.165) is 17.8 Å². The molecule has 6 nitrogen and oxygen atoms in total. The predicted molar refractivity (Wildman–Crippen MR) is 84.5 cm³/mol. The summed E-state index contributed by atoms with van der Waals surface area (Å²) in [7, 11) is 0. The molecule has 3 atom stereocenters. The first-order valence-corrected chi connectivity index (χ1v) is 8.70. The van der Waals surface area contributed by atoms with Gasteiger partial charge in [0.1, 0.15) is 0 Å². The van der Waals surface area contributed by atoms with Crippen molar-refractivity contribution < 1.29 is 14.1 Å². The molecule has 0 unspecified atom stereocenters. The topological polar surface area (TPSA) is 68.5 Å². The van der Waals surface area contributed by atoms with Gasteiger partial charge < -0.3 is 14.2 Å². The van der Waals surface area contributed by atoms with Crippen molar-refractivity contribution in [3.8, 4) is 0 Å². The summed E-state index contributed by atoms with van der Waals surface area (Å²) in [4.78, 5) is 20.7. The molecule has 2 fully saturated rings.